The van der Waals surface area contributed by atoms with Crippen LogP contribution in [-0.4, -0.2) is 9.97 Å². The molecule has 1 heterocycles. The molecule has 0 saturated heterocycles. The van der Waals surface area contributed by atoms with Crippen LogP contribution in [0.1, 0.15) is 49.9 Å². The van der Waals surface area contributed by atoms with E-state index in [0.29, 0.717) is 5.82 Å². The Balaban J connectivity index is 0.985. The van der Waals surface area contributed by atoms with E-state index in [2.05, 4.69) is 191 Å². The van der Waals surface area contributed by atoms with Gasteiger partial charge < -0.3 is 0 Å². The number of nitrogens with zero attached hydrogens (tertiary/aromatic N) is 2. The van der Waals surface area contributed by atoms with Crippen LogP contribution in [0.2, 0.25) is 0 Å². The van der Waals surface area contributed by atoms with Crippen molar-refractivity contribution < 1.29 is 0 Å². The van der Waals surface area contributed by atoms with Gasteiger partial charge in [-0.3, -0.25) is 0 Å². The van der Waals surface area contributed by atoms with Crippen molar-refractivity contribution in [1.82, 2.24) is 9.97 Å². The minimum absolute atomic E-state index is 0.0318. The maximum atomic E-state index is 5.17. The predicted octanol–water partition coefficient (Wildman–Crippen LogP) is 13.4. The molecule has 2 nitrogen and oxygen atoms in total. The third-order valence-corrected chi connectivity index (χ3v) is 12.0. The average Bonchev–Trinajstić information content (AvgIpc) is 3.60. The van der Waals surface area contributed by atoms with Crippen LogP contribution in [0.25, 0.3) is 78.4 Å². The van der Waals surface area contributed by atoms with Gasteiger partial charge in [-0.15, -0.1) is 0 Å². The van der Waals surface area contributed by atoms with Crippen LogP contribution in [0.5, 0.6) is 0 Å². The smallest absolute Gasteiger partial charge is 0.160 e. The van der Waals surface area contributed by atoms with Crippen LogP contribution in [0.3, 0.4) is 0 Å². The third kappa shape index (κ3) is 5.09. The van der Waals surface area contributed by atoms with Crippen molar-refractivity contribution in [2.24, 2.45) is 0 Å². The molecule has 258 valence electrons. The van der Waals surface area contributed by atoms with Gasteiger partial charge in [0.1, 0.15) is 0 Å². The molecule has 0 spiro atoms. The fraction of sp³-hybridized carbons (Fsp3) is 0.115. The van der Waals surface area contributed by atoms with Gasteiger partial charge in [-0.05, 0) is 85.0 Å². The number of rotatable bonds is 5. The molecular weight excluding hydrogens is 653 g/mol. The van der Waals surface area contributed by atoms with Gasteiger partial charge in [0.25, 0.3) is 0 Å². The fourth-order valence-electron chi connectivity index (χ4n) is 8.89. The Morgan fingerprint density at radius 2 is 0.667 bits per heavy atom. The first-order valence-electron chi connectivity index (χ1n) is 18.9. The molecule has 0 saturated carbocycles. The van der Waals surface area contributed by atoms with E-state index in [1.165, 1.54) is 66.8 Å². The molecule has 0 atom stereocenters. The molecule has 0 N–H and O–H groups in total. The van der Waals surface area contributed by atoms with Crippen LogP contribution in [0.15, 0.2) is 170 Å². The Labute approximate surface area is 317 Å². The highest BCUT2D eigenvalue weighted by atomic mass is 14.9. The predicted molar refractivity (Wildman–Crippen MR) is 224 cm³/mol. The summed E-state index contributed by atoms with van der Waals surface area (Å²) in [6.07, 6.45) is 0. The largest absolute Gasteiger partial charge is 0.228 e. The summed E-state index contributed by atoms with van der Waals surface area (Å²) in [5.41, 5.74) is 20.6. The second kappa shape index (κ2) is 12.1. The van der Waals surface area contributed by atoms with Gasteiger partial charge in [-0.2, -0.15) is 0 Å². The van der Waals surface area contributed by atoms with Crippen molar-refractivity contribution in [3.63, 3.8) is 0 Å². The van der Waals surface area contributed by atoms with Gasteiger partial charge in [-0.25, -0.2) is 9.97 Å². The highest BCUT2D eigenvalue weighted by molar-refractivity contribution is 5.85. The van der Waals surface area contributed by atoms with E-state index in [1.807, 2.05) is 6.07 Å². The molecule has 0 bridgehead atoms. The number of benzene rings is 7. The lowest BCUT2D eigenvalue weighted by atomic mass is 9.81. The standard InChI is InChI=1S/C52H40N2/c1-51(2)44-16-10-8-14-40(44)42-28-26-38(30-46(42)51)33-18-22-36(23-19-33)49-32-48(35-12-6-5-7-13-35)53-50(54-49)37-24-20-34(21-25-37)39-27-29-43-41-15-9-11-17-45(41)52(3,4)47(43)31-39/h5-32H,1-4H3. The maximum Gasteiger partial charge on any atom is 0.160 e. The summed E-state index contributed by atoms with van der Waals surface area (Å²) in [4.78, 5) is 10.3. The summed E-state index contributed by atoms with van der Waals surface area (Å²) in [5, 5.41) is 0. The summed E-state index contributed by atoms with van der Waals surface area (Å²) in [7, 11) is 0. The molecule has 0 radical (unpaired) electrons. The third-order valence-electron chi connectivity index (χ3n) is 12.0. The molecule has 7 aromatic carbocycles. The zero-order chi connectivity index (χ0) is 36.6. The van der Waals surface area contributed by atoms with Crippen molar-refractivity contribution in [3.8, 4) is 78.4 Å². The zero-order valence-corrected chi connectivity index (χ0v) is 31.1. The molecule has 2 aliphatic carbocycles. The highest BCUT2D eigenvalue weighted by Crippen LogP contribution is 2.51. The molecule has 54 heavy (non-hydrogen) atoms. The lowest BCUT2D eigenvalue weighted by Gasteiger charge is -2.22. The fourth-order valence-corrected chi connectivity index (χ4v) is 8.89. The first kappa shape index (κ1) is 32.3. The van der Waals surface area contributed by atoms with E-state index in [-0.39, 0.29) is 10.8 Å². The molecule has 2 heteroatoms. The lowest BCUT2D eigenvalue weighted by Crippen LogP contribution is -2.14. The van der Waals surface area contributed by atoms with Crippen LogP contribution in [0.4, 0.5) is 0 Å². The number of fused-ring (bicyclic) bond motifs is 6. The van der Waals surface area contributed by atoms with E-state index in [0.717, 1.165) is 28.1 Å². The van der Waals surface area contributed by atoms with Crippen LogP contribution in [0, 0.1) is 0 Å². The summed E-state index contributed by atoms with van der Waals surface area (Å²) in [6.45, 7) is 9.34. The van der Waals surface area contributed by atoms with E-state index in [4.69, 9.17) is 9.97 Å². The van der Waals surface area contributed by atoms with E-state index < -0.39 is 0 Å². The van der Waals surface area contributed by atoms with E-state index >= 15 is 0 Å². The summed E-state index contributed by atoms with van der Waals surface area (Å²) in [5.74, 6) is 0.716. The Morgan fingerprint density at radius 3 is 1.17 bits per heavy atom. The molecular formula is C52H40N2. The molecule has 0 fully saturated rings. The topological polar surface area (TPSA) is 25.8 Å². The average molecular weight is 693 g/mol. The molecule has 10 rings (SSSR count). The first-order valence-corrected chi connectivity index (χ1v) is 18.9. The van der Waals surface area contributed by atoms with Crippen molar-refractivity contribution in [3.05, 3.63) is 192 Å². The molecule has 0 unspecified atom stereocenters. The van der Waals surface area contributed by atoms with Crippen LogP contribution >= 0.6 is 0 Å². The van der Waals surface area contributed by atoms with Gasteiger partial charge in [0.05, 0.1) is 11.4 Å². The molecule has 0 amide bonds. The van der Waals surface area contributed by atoms with Crippen LogP contribution < -0.4 is 0 Å². The molecule has 2 aliphatic rings. The van der Waals surface area contributed by atoms with Crippen molar-refractivity contribution in [1.29, 1.82) is 0 Å². The summed E-state index contributed by atoms with van der Waals surface area (Å²) in [6, 6.07) is 61.5. The molecule has 0 aliphatic heterocycles. The van der Waals surface area contributed by atoms with Crippen molar-refractivity contribution in [2.75, 3.05) is 0 Å². The Kier molecular flexibility index (Phi) is 7.22. The van der Waals surface area contributed by atoms with Gasteiger partial charge in [-0.1, -0.05) is 179 Å². The Morgan fingerprint density at radius 1 is 0.296 bits per heavy atom. The number of aromatic nitrogens is 2. The molecule has 8 aromatic rings. The minimum Gasteiger partial charge on any atom is -0.228 e. The summed E-state index contributed by atoms with van der Waals surface area (Å²) < 4.78 is 0. The Bertz CT molecular complexity index is 2570. The molecule has 1 aromatic heterocycles. The van der Waals surface area contributed by atoms with Crippen LogP contribution in [-0.2, 0) is 10.8 Å². The second-order valence-corrected chi connectivity index (χ2v) is 15.8. The Hall–Kier alpha value is -6.38. The SMILES string of the molecule is CC1(C)c2ccccc2-c2ccc(-c3ccc(-c4cc(-c5ccccc5)nc(-c5ccc(-c6ccc7c(c6)C(C)(C)c6ccccc6-7)cc5)n4)cc3)cc21. The van der Waals surface area contributed by atoms with Crippen molar-refractivity contribution in [2.45, 2.75) is 38.5 Å². The van der Waals surface area contributed by atoms with Gasteiger partial charge >= 0.3 is 0 Å². The van der Waals surface area contributed by atoms with Gasteiger partial charge in [0, 0.05) is 27.5 Å². The van der Waals surface area contributed by atoms with Gasteiger partial charge in [0.2, 0.25) is 0 Å². The van der Waals surface area contributed by atoms with E-state index in [9.17, 15) is 0 Å². The van der Waals surface area contributed by atoms with E-state index in [1.54, 1.807) is 0 Å². The highest BCUT2D eigenvalue weighted by Gasteiger charge is 2.36. The number of hydrogen-bond acceptors (Lipinski definition) is 2. The monoisotopic (exact) mass is 692 g/mol. The zero-order valence-electron chi connectivity index (χ0n) is 31.1. The quantitative estimate of drug-likeness (QED) is 0.179. The lowest BCUT2D eigenvalue weighted by molar-refractivity contribution is 0.660. The normalized spacial score (nSPS) is 14.2. The maximum absolute atomic E-state index is 5.17. The summed E-state index contributed by atoms with van der Waals surface area (Å²) >= 11 is 0. The second-order valence-electron chi connectivity index (χ2n) is 15.8. The van der Waals surface area contributed by atoms with Crippen molar-refractivity contribution >= 4 is 0 Å². The first-order chi connectivity index (χ1) is 26.3. The number of hydrogen-bond donors (Lipinski definition) is 0. The minimum atomic E-state index is -0.0349. The van der Waals surface area contributed by atoms with Gasteiger partial charge in [0.15, 0.2) is 5.82 Å².